The third-order valence-corrected chi connectivity index (χ3v) is 5.00. The SMILES string of the molecule is CCC(C)c1ccc(S(=O)(=O)N/N=C/c2ccc(O)c(O)c2)cc1. The Balaban J connectivity index is 2.10. The number of hydrogen-bond donors (Lipinski definition) is 3. The van der Waals surface area contributed by atoms with E-state index in [1.54, 1.807) is 24.3 Å². The Kier molecular flexibility index (Phi) is 5.46. The van der Waals surface area contributed by atoms with E-state index in [1.165, 1.54) is 24.4 Å². The number of nitrogens with one attached hydrogen (secondary N) is 1. The highest BCUT2D eigenvalue weighted by molar-refractivity contribution is 7.89. The van der Waals surface area contributed by atoms with Gasteiger partial charge in [-0.1, -0.05) is 26.0 Å². The molecule has 0 amide bonds. The molecule has 1 unspecified atom stereocenters. The number of aromatic hydroxyl groups is 2. The van der Waals surface area contributed by atoms with Crippen molar-refractivity contribution in [2.24, 2.45) is 5.10 Å². The molecule has 0 heterocycles. The molecule has 24 heavy (non-hydrogen) atoms. The van der Waals surface area contributed by atoms with E-state index in [0.717, 1.165) is 12.0 Å². The maximum Gasteiger partial charge on any atom is 0.276 e. The van der Waals surface area contributed by atoms with Gasteiger partial charge in [0.15, 0.2) is 11.5 Å². The zero-order valence-electron chi connectivity index (χ0n) is 13.5. The molecule has 0 aromatic heterocycles. The number of benzene rings is 2. The number of sulfonamides is 1. The number of hydrogen-bond acceptors (Lipinski definition) is 5. The highest BCUT2D eigenvalue weighted by Crippen LogP contribution is 2.24. The maximum atomic E-state index is 12.2. The smallest absolute Gasteiger partial charge is 0.276 e. The molecular weight excluding hydrogens is 328 g/mol. The molecule has 0 bridgehead atoms. The summed E-state index contributed by atoms with van der Waals surface area (Å²) in [7, 11) is -3.76. The molecule has 0 aliphatic rings. The highest BCUT2D eigenvalue weighted by atomic mass is 32.2. The first-order valence-electron chi connectivity index (χ1n) is 7.50. The molecule has 2 aromatic rings. The minimum atomic E-state index is -3.76. The molecule has 2 rings (SSSR count). The summed E-state index contributed by atoms with van der Waals surface area (Å²) in [6.45, 7) is 4.16. The molecule has 0 aliphatic heterocycles. The number of nitrogens with zero attached hydrogens (tertiary/aromatic N) is 1. The lowest BCUT2D eigenvalue weighted by molar-refractivity contribution is 0.403. The van der Waals surface area contributed by atoms with E-state index < -0.39 is 10.0 Å². The average molecular weight is 348 g/mol. The van der Waals surface area contributed by atoms with Gasteiger partial charge < -0.3 is 10.2 Å². The van der Waals surface area contributed by atoms with Gasteiger partial charge in [-0.2, -0.15) is 13.5 Å². The predicted octanol–water partition coefficient (Wildman–Crippen LogP) is 2.92. The van der Waals surface area contributed by atoms with Gasteiger partial charge in [-0.05, 0) is 53.8 Å². The molecule has 7 heteroatoms. The third-order valence-electron chi connectivity index (χ3n) is 3.76. The summed E-state index contributed by atoms with van der Waals surface area (Å²) in [6, 6.07) is 10.7. The van der Waals surface area contributed by atoms with Crippen molar-refractivity contribution in [2.75, 3.05) is 0 Å². The van der Waals surface area contributed by atoms with Crippen LogP contribution in [0.15, 0.2) is 52.5 Å². The van der Waals surface area contributed by atoms with Crippen molar-refractivity contribution >= 4 is 16.2 Å². The summed E-state index contributed by atoms with van der Waals surface area (Å²) in [4.78, 5) is 2.24. The van der Waals surface area contributed by atoms with Crippen LogP contribution in [0.3, 0.4) is 0 Å². The topological polar surface area (TPSA) is 99.0 Å². The summed E-state index contributed by atoms with van der Waals surface area (Å²) in [5.41, 5.74) is 1.53. The zero-order valence-corrected chi connectivity index (χ0v) is 14.3. The Morgan fingerprint density at radius 2 is 1.79 bits per heavy atom. The number of phenols is 2. The minimum Gasteiger partial charge on any atom is -0.504 e. The van der Waals surface area contributed by atoms with E-state index in [9.17, 15) is 18.6 Å². The van der Waals surface area contributed by atoms with Crippen LogP contribution in [-0.4, -0.2) is 24.8 Å². The van der Waals surface area contributed by atoms with Crippen molar-refractivity contribution < 1.29 is 18.6 Å². The van der Waals surface area contributed by atoms with Crippen molar-refractivity contribution in [3.8, 4) is 11.5 Å². The summed E-state index contributed by atoms with van der Waals surface area (Å²) in [6.07, 6.45) is 2.22. The van der Waals surface area contributed by atoms with Gasteiger partial charge in [0.2, 0.25) is 0 Å². The van der Waals surface area contributed by atoms with E-state index in [1.807, 2.05) is 0 Å². The highest BCUT2D eigenvalue weighted by Gasteiger charge is 2.13. The normalized spacial score (nSPS) is 13.1. The summed E-state index contributed by atoms with van der Waals surface area (Å²) < 4.78 is 24.4. The molecule has 1 atom stereocenters. The molecule has 128 valence electrons. The van der Waals surface area contributed by atoms with Crippen LogP contribution in [0.1, 0.15) is 37.3 Å². The third kappa shape index (κ3) is 4.26. The van der Waals surface area contributed by atoms with Gasteiger partial charge in [0, 0.05) is 0 Å². The van der Waals surface area contributed by atoms with Crippen LogP contribution in [0.2, 0.25) is 0 Å². The van der Waals surface area contributed by atoms with Crippen molar-refractivity contribution in [1.29, 1.82) is 0 Å². The molecule has 3 N–H and O–H groups in total. The Bertz CT molecular complexity index is 830. The van der Waals surface area contributed by atoms with Gasteiger partial charge in [0.05, 0.1) is 11.1 Å². The first-order chi connectivity index (χ1) is 11.3. The Morgan fingerprint density at radius 1 is 1.12 bits per heavy atom. The van der Waals surface area contributed by atoms with Gasteiger partial charge in [-0.3, -0.25) is 0 Å². The van der Waals surface area contributed by atoms with Gasteiger partial charge in [-0.15, -0.1) is 0 Å². The Hall–Kier alpha value is -2.54. The van der Waals surface area contributed by atoms with Gasteiger partial charge in [0.1, 0.15) is 0 Å². The quantitative estimate of drug-likeness (QED) is 0.424. The largest absolute Gasteiger partial charge is 0.504 e. The van der Waals surface area contributed by atoms with Crippen molar-refractivity contribution in [1.82, 2.24) is 4.83 Å². The number of phenolic OH excluding ortho intramolecular Hbond substituents is 2. The van der Waals surface area contributed by atoms with E-state index in [0.29, 0.717) is 11.5 Å². The van der Waals surface area contributed by atoms with E-state index >= 15 is 0 Å². The lowest BCUT2D eigenvalue weighted by Crippen LogP contribution is -2.18. The first kappa shape index (κ1) is 17.8. The molecule has 0 aliphatic carbocycles. The van der Waals surface area contributed by atoms with E-state index in [4.69, 9.17) is 0 Å². The molecule has 0 saturated heterocycles. The minimum absolute atomic E-state index is 0.125. The molecule has 0 radical (unpaired) electrons. The monoisotopic (exact) mass is 348 g/mol. The van der Waals surface area contributed by atoms with Gasteiger partial charge >= 0.3 is 0 Å². The fourth-order valence-corrected chi connectivity index (χ4v) is 2.85. The van der Waals surface area contributed by atoms with E-state index in [2.05, 4.69) is 23.8 Å². The molecule has 0 spiro atoms. The fraction of sp³-hybridized carbons (Fsp3) is 0.235. The Morgan fingerprint density at radius 3 is 2.38 bits per heavy atom. The lowest BCUT2D eigenvalue weighted by atomic mass is 9.99. The van der Waals surface area contributed by atoms with Crippen LogP contribution in [0.4, 0.5) is 0 Å². The second-order valence-electron chi connectivity index (χ2n) is 5.48. The van der Waals surface area contributed by atoms with Crippen LogP contribution < -0.4 is 4.83 Å². The zero-order chi connectivity index (χ0) is 17.7. The average Bonchev–Trinajstić information content (AvgIpc) is 2.57. The van der Waals surface area contributed by atoms with Crippen LogP contribution in [0.25, 0.3) is 0 Å². The molecule has 0 fully saturated rings. The molecule has 0 saturated carbocycles. The van der Waals surface area contributed by atoms with Crippen LogP contribution in [0, 0.1) is 0 Å². The number of hydrazone groups is 1. The van der Waals surface area contributed by atoms with Crippen molar-refractivity contribution in [2.45, 2.75) is 31.1 Å². The maximum absolute atomic E-state index is 12.2. The van der Waals surface area contributed by atoms with Crippen LogP contribution >= 0.6 is 0 Å². The number of rotatable bonds is 6. The van der Waals surface area contributed by atoms with Crippen LogP contribution in [0.5, 0.6) is 11.5 Å². The first-order valence-corrected chi connectivity index (χ1v) is 8.98. The van der Waals surface area contributed by atoms with Crippen molar-refractivity contribution in [3.05, 3.63) is 53.6 Å². The molecule has 2 aromatic carbocycles. The summed E-state index contributed by atoms with van der Waals surface area (Å²) in [5.74, 6) is -0.188. The second-order valence-corrected chi connectivity index (χ2v) is 7.14. The van der Waals surface area contributed by atoms with Gasteiger partial charge in [-0.25, -0.2) is 4.83 Å². The van der Waals surface area contributed by atoms with Crippen LogP contribution in [-0.2, 0) is 10.0 Å². The fourth-order valence-electron chi connectivity index (χ4n) is 2.05. The molecular formula is C17H20N2O4S. The summed E-state index contributed by atoms with van der Waals surface area (Å²) >= 11 is 0. The lowest BCUT2D eigenvalue weighted by Gasteiger charge is -2.09. The van der Waals surface area contributed by atoms with Crippen molar-refractivity contribution in [3.63, 3.8) is 0 Å². The summed E-state index contributed by atoms with van der Waals surface area (Å²) in [5, 5.41) is 22.3. The van der Waals surface area contributed by atoms with E-state index in [-0.39, 0.29) is 16.4 Å². The van der Waals surface area contributed by atoms with Gasteiger partial charge in [0.25, 0.3) is 10.0 Å². The molecule has 6 nitrogen and oxygen atoms in total. The Labute approximate surface area is 141 Å². The second kappa shape index (κ2) is 7.35. The predicted molar refractivity (Wildman–Crippen MR) is 92.8 cm³/mol. The standard InChI is InChI=1S/C17H20N2O4S/c1-3-12(2)14-5-7-15(8-6-14)24(22,23)19-18-11-13-4-9-16(20)17(21)10-13/h4-12,19-21H,3H2,1-2H3/b18-11+.